The highest BCUT2D eigenvalue weighted by Crippen LogP contribution is 2.34. The van der Waals surface area contributed by atoms with Gasteiger partial charge in [-0.2, -0.15) is 0 Å². The molecule has 0 amide bonds. The topological polar surface area (TPSA) is 46.5 Å². The number of methoxy groups -OCH3 is 1. The third-order valence-electron chi connectivity index (χ3n) is 5.98. The van der Waals surface area contributed by atoms with Crippen LogP contribution in [0.2, 0.25) is 0 Å². The lowest BCUT2D eigenvalue weighted by Gasteiger charge is -2.32. The van der Waals surface area contributed by atoms with E-state index in [4.69, 9.17) is 17.0 Å². The summed E-state index contributed by atoms with van der Waals surface area (Å²) >= 11 is 5.59. The van der Waals surface area contributed by atoms with Crippen LogP contribution >= 0.6 is 12.2 Å². The molecule has 1 aromatic carbocycles. The van der Waals surface area contributed by atoms with Gasteiger partial charge in [-0.05, 0) is 66.7 Å². The molecule has 0 fully saturated rings. The molecule has 162 valence electrons. The van der Waals surface area contributed by atoms with Crippen molar-refractivity contribution in [3.05, 3.63) is 50.9 Å². The van der Waals surface area contributed by atoms with Crippen molar-refractivity contribution in [2.45, 2.75) is 53.0 Å². The van der Waals surface area contributed by atoms with Gasteiger partial charge in [-0.3, -0.25) is 4.79 Å². The molecule has 0 atom stereocenters. The normalized spacial score (nSPS) is 13.2. The van der Waals surface area contributed by atoms with Crippen LogP contribution in [0.1, 0.15) is 48.9 Å². The molecule has 0 aliphatic carbocycles. The Morgan fingerprint density at radius 1 is 1.27 bits per heavy atom. The second kappa shape index (κ2) is 9.65. The molecule has 0 saturated heterocycles. The summed E-state index contributed by atoms with van der Waals surface area (Å²) < 4.78 is 7.37. The number of benzene rings is 1. The lowest BCUT2D eigenvalue weighted by Crippen LogP contribution is -2.45. The van der Waals surface area contributed by atoms with E-state index in [1.54, 1.807) is 11.7 Å². The maximum absolute atomic E-state index is 13.0. The number of aryl methyl sites for hydroxylation is 2. The van der Waals surface area contributed by atoms with Crippen molar-refractivity contribution in [3.63, 3.8) is 0 Å². The van der Waals surface area contributed by atoms with E-state index in [0.717, 1.165) is 71.9 Å². The minimum Gasteiger partial charge on any atom is -0.496 e. The molecule has 1 N–H and O–H groups in total. The number of nitrogens with one attached hydrogen (secondary N) is 1. The number of rotatable bonds is 6. The Morgan fingerprint density at radius 3 is 2.70 bits per heavy atom. The summed E-state index contributed by atoms with van der Waals surface area (Å²) in [6.07, 6.45) is 5.91. The Hall–Kier alpha value is -2.34. The van der Waals surface area contributed by atoms with E-state index >= 15 is 0 Å². The number of fused-ring (bicyclic) bond motifs is 1. The highest BCUT2D eigenvalue weighted by Gasteiger charge is 2.25. The maximum atomic E-state index is 13.0. The Labute approximate surface area is 185 Å². The number of pyridine rings is 1. The van der Waals surface area contributed by atoms with Crippen LogP contribution in [0, 0.1) is 6.92 Å². The average Bonchev–Trinajstić information content (AvgIpc) is 2.75. The molecule has 2 aromatic rings. The summed E-state index contributed by atoms with van der Waals surface area (Å²) in [6, 6.07) is 4.32. The first kappa shape index (κ1) is 22.3. The minimum atomic E-state index is 0.0590. The lowest BCUT2D eigenvalue weighted by atomic mass is 9.90. The monoisotopic (exact) mass is 427 g/mol. The number of unbranched alkanes of at least 4 members (excludes halogenated alkanes) is 1. The van der Waals surface area contributed by atoms with Crippen molar-refractivity contribution < 1.29 is 4.74 Å². The molecule has 5 nitrogen and oxygen atoms in total. The Morgan fingerprint density at radius 2 is 2.03 bits per heavy atom. The number of nitrogens with zero attached hydrogens (tertiary/aromatic N) is 2. The first-order chi connectivity index (χ1) is 14.4. The van der Waals surface area contributed by atoms with Crippen molar-refractivity contribution >= 4 is 17.3 Å². The first-order valence-corrected chi connectivity index (χ1v) is 11.2. The lowest BCUT2D eigenvalue weighted by molar-refractivity contribution is 0.383. The van der Waals surface area contributed by atoms with Crippen molar-refractivity contribution in [1.29, 1.82) is 0 Å². The summed E-state index contributed by atoms with van der Waals surface area (Å²) in [4.78, 5) is 15.1. The highest BCUT2D eigenvalue weighted by molar-refractivity contribution is 7.80. The van der Waals surface area contributed by atoms with Gasteiger partial charge < -0.3 is 19.5 Å². The van der Waals surface area contributed by atoms with Gasteiger partial charge in [-0.25, -0.2) is 0 Å². The summed E-state index contributed by atoms with van der Waals surface area (Å²) in [5.74, 6) is 0.911. The molecule has 0 radical (unpaired) electrons. The van der Waals surface area contributed by atoms with Gasteiger partial charge in [0.05, 0.1) is 13.7 Å². The molecule has 0 spiro atoms. The SMILES string of the molecule is CCCCNC(=S)N1CCc2c(-c3cc(C)c(CC)c(OC)c3)cn(C)c(=O)c2C1. The molecule has 2 heterocycles. The predicted molar refractivity (Wildman–Crippen MR) is 127 cm³/mol. The predicted octanol–water partition coefficient (Wildman–Crippen LogP) is 3.96. The van der Waals surface area contributed by atoms with E-state index in [2.05, 4.69) is 43.1 Å². The second-order valence-corrected chi connectivity index (χ2v) is 8.39. The molecule has 1 aliphatic rings. The van der Waals surface area contributed by atoms with Crippen molar-refractivity contribution in [3.8, 4) is 16.9 Å². The summed E-state index contributed by atoms with van der Waals surface area (Å²) in [6.45, 7) is 8.67. The number of hydrogen-bond donors (Lipinski definition) is 1. The van der Waals surface area contributed by atoms with E-state index in [1.807, 2.05) is 13.2 Å². The fourth-order valence-corrected chi connectivity index (χ4v) is 4.54. The molecular weight excluding hydrogens is 394 g/mol. The van der Waals surface area contributed by atoms with Gasteiger partial charge in [-0.15, -0.1) is 0 Å². The largest absolute Gasteiger partial charge is 0.496 e. The standard InChI is InChI=1S/C24H33N3O2S/c1-6-8-10-25-24(30)27-11-9-19-20(14-26(4)23(28)21(19)15-27)17-12-16(3)18(7-2)22(13-17)29-5/h12-14H,6-11,15H2,1-5H3,(H,25,30). The van der Waals surface area contributed by atoms with Gasteiger partial charge in [0, 0.05) is 37.5 Å². The zero-order valence-corrected chi connectivity index (χ0v) is 19.6. The molecule has 6 heteroatoms. The van der Waals surface area contributed by atoms with Gasteiger partial charge in [0.1, 0.15) is 5.75 Å². The Kier molecular flexibility index (Phi) is 7.19. The number of thiocarbonyl (C=S) groups is 1. The van der Waals surface area contributed by atoms with Crippen LogP contribution in [0.15, 0.2) is 23.1 Å². The molecule has 30 heavy (non-hydrogen) atoms. The van der Waals surface area contributed by atoms with Crippen LogP contribution in [-0.2, 0) is 26.4 Å². The summed E-state index contributed by atoms with van der Waals surface area (Å²) in [5.41, 5.74) is 6.70. The average molecular weight is 428 g/mol. The molecule has 0 unspecified atom stereocenters. The quantitative estimate of drug-likeness (QED) is 0.558. The highest BCUT2D eigenvalue weighted by atomic mass is 32.1. The second-order valence-electron chi connectivity index (χ2n) is 8.00. The Bertz CT molecular complexity index is 997. The van der Waals surface area contributed by atoms with Crippen LogP contribution in [-0.4, -0.2) is 34.8 Å². The molecule has 1 aromatic heterocycles. The molecule has 0 saturated carbocycles. The van der Waals surface area contributed by atoms with Gasteiger partial charge in [0.15, 0.2) is 5.11 Å². The molecule has 0 bridgehead atoms. The maximum Gasteiger partial charge on any atom is 0.255 e. The van der Waals surface area contributed by atoms with Crippen LogP contribution < -0.4 is 15.6 Å². The van der Waals surface area contributed by atoms with Crippen molar-refractivity contribution in [2.24, 2.45) is 7.05 Å². The fraction of sp³-hybridized carbons (Fsp3) is 0.500. The van der Waals surface area contributed by atoms with Crippen LogP contribution in [0.3, 0.4) is 0 Å². The third kappa shape index (κ3) is 4.38. The van der Waals surface area contributed by atoms with Crippen LogP contribution in [0.5, 0.6) is 5.75 Å². The number of hydrogen-bond acceptors (Lipinski definition) is 3. The Balaban J connectivity index is 2.01. The molecular formula is C24H33N3O2S. The van der Waals surface area contributed by atoms with Crippen LogP contribution in [0.4, 0.5) is 0 Å². The van der Waals surface area contributed by atoms with Gasteiger partial charge in [0.25, 0.3) is 5.56 Å². The molecule has 3 rings (SSSR count). The van der Waals surface area contributed by atoms with E-state index in [-0.39, 0.29) is 5.56 Å². The minimum absolute atomic E-state index is 0.0590. The van der Waals surface area contributed by atoms with Crippen molar-refractivity contribution in [2.75, 3.05) is 20.2 Å². The van der Waals surface area contributed by atoms with E-state index in [0.29, 0.717) is 6.54 Å². The number of aromatic nitrogens is 1. The van der Waals surface area contributed by atoms with E-state index in [1.165, 1.54) is 11.1 Å². The molecule has 1 aliphatic heterocycles. The van der Waals surface area contributed by atoms with Gasteiger partial charge in [-0.1, -0.05) is 26.3 Å². The summed E-state index contributed by atoms with van der Waals surface area (Å²) in [7, 11) is 3.55. The smallest absolute Gasteiger partial charge is 0.255 e. The van der Waals surface area contributed by atoms with Gasteiger partial charge in [0.2, 0.25) is 0 Å². The number of ether oxygens (including phenoxy) is 1. The van der Waals surface area contributed by atoms with E-state index < -0.39 is 0 Å². The first-order valence-electron chi connectivity index (χ1n) is 10.8. The van der Waals surface area contributed by atoms with Crippen molar-refractivity contribution in [1.82, 2.24) is 14.8 Å². The zero-order valence-electron chi connectivity index (χ0n) is 18.8. The van der Waals surface area contributed by atoms with Gasteiger partial charge >= 0.3 is 0 Å². The summed E-state index contributed by atoms with van der Waals surface area (Å²) in [5, 5.41) is 4.07. The fourth-order valence-electron chi connectivity index (χ4n) is 4.28. The zero-order chi connectivity index (χ0) is 21.8. The van der Waals surface area contributed by atoms with E-state index in [9.17, 15) is 4.79 Å². The van der Waals surface area contributed by atoms with Crippen LogP contribution in [0.25, 0.3) is 11.1 Å². The third-order valence-corrected chi connectivity index (χ3v) is 6.38.